The Labute approximate surface area is 112 Å². The van der Waals surface area contributed by atoms with Crippen molar-refractivity contribution >= 4 is 23.1 Å². The van der Waals surface area contributed by atoms with E-state index >= 15 is 0 Å². The van der Waals surface area contributed by atoms with Gasteiger partial charge >= 0.3 is 0 Å². The summed E-state index contributed by atoms with van der Waals surface area (Å²) in [4.78, 5) is 17.7. The van der Waals surface area contributed by atoms with Crippen LogP contribution in [0.4, 0.5) is 0 Å². The summed E-state index contributed by atoms with van der Waals surface area (Å²) in [6.45, 7) is 1.34. The number of thiocarbonyl (C=S) groups is 1. The fourth-order valence-electron chi connectivity index (χ4n) is 1.58. The van der Waals surface area contributed by atoms with Gasteiger partial charge in [0.1, 0.15) is 10.7 Å². The van der Waals surface area contributed by atoms with Gasteiger partial charge in [-0.3, -0.25) is 9.78 Å². The zero-order valence-electron chi connectivity index (χ0n) is 10.6. The second-order valence-electron chi connectivity index (χ2n) is 4.04. The molecule has 0 aliphatic rings. The molecule has 0 fully saturated rings. The maximum Gasteiger partial charge on any atom is 0.221 e. The molecule has 0 aromatic carbocycles. The zero-order chi connectivity index (χ0) is 13.5. The molecule has 1 aromatic heterocycles. The Hall–Kier alpha value is -1.53. The van der Waals surface area contributed by atoms with Gasteiger partial charge in [0.25, 0.3) is 0 Å². The van der Waals surface area contributed by atoms with Crippen molar-refractivity contribution in [2.75, 3.05) is 20.6 Å². The Morgan fingerprint density at radius 3 is 2.94 bits per heavy atom. The molecule has 1 amide bonds. The van der Waals surface area contributed by atoms with Crippen LogP contribution in [-0.4, -0.2) is 41.4 Å². The maximum atomic E-state index is 11.2. The lowest BCUT2D eigenvalue weighted by molar-refractivity contribution is -0.120. The van der Waals surface area contributed by atoms with Crippen LogP contribution in [0.25, 0.3) is 0 Å². The van der Waals surface area contributed by atoms with E-state index in [1.807, 2.05) is 24.1 Å². The number of nitrogens with one attached hydrogen (secondary N) is 1. The van der Waals surface area contributed by atoms with Crippen LogP contribution in [0.3, 0.4) is 0 Å². The molecule has 1 heterocycles. The van der Waals surface area contributed by atoms with Crippen molar-refractivity contribution < 1.29 is 4.79 Å². The van der Waals surface area contributed by atoms with E-state index in [9.17, 15) is 4.79 Å². The first-order valence-electron chi connectivity index (χ1n) is 5.67. The summed E-state index contributed by atoms with van der Waals surface area (Å²) < 4.78 is 0. The lowest BCUT2D eigenvalue weighted by Gasteiger charge is -2.17. The highest BCUT2D eigenvalue weighted by Crippen LogP contribution is 2.08. The average molecular weight is 266 g/mol. The van der Waals surface area contributed by atoms with Crippen molar-refractivity contribution in [1.29, 1.82) is 0 Å². The van der Waals surface area contributed by atoms with Crippen LogP contribution in [0.2, 0.25) is 0 Å². The van der Waals surface area contributed by atoms with Gasteiger partial charge < -0.3 is 16.0 Å². The van der Waals surface area contributed by atoms with E-state index in [2.05, 4.69) is 10.3 Å². The molecule has 0 saturated heterocycles. The van der Waals surface area contributed by atoms with Gasteiger partial charge in [-0.05, 0) is 18.7 Å². The van der Waals surface area contributed by atoms with Crippen molar-refractivity contribution in [3.05, 3.63) is 29.6 Å². The first-order valence-corrected chi connectivity index (χ1v) is 6.08. The predicted octanol–water partition coefficient (Wildman–Crippen LogP) is 0.284. The second-order valence-corrected chi connectivity index (χ2v) is 4.48. The number of hydrogen-bond acceptors (Lipinski definition) is 4. The number of amides is 1. The molecule has 1 aromatic rings. The van der Waals surface area contributed by atoms with Crippen LogP contribution in [0.1, 0.15) is 17.7 Å². The summed E-state index contributed by atoms with van der Waals surface area (Å²) in [6, 6.07) is 3.79. The van der Waals surface area contributed by atoms with E-state index in [0.29, 0.717) is 30.2 Å². The molecule has 0 radical (unpaired) electrons. The Kier molecular flexibility index (Phi) is 5.67. The Bertz CT molecular complexity index is 436. The minimum atomic E-state index is 0.0302. The van der Waals surface area contributed by atoms with Crippen LogP contribution in [0.15, 0.2) is 18.3 Å². The lowest BCUT2D eigenvalue weighted by atomic mass is 10.2. The SMILES string of the molecule is CNC(=O)CCN(C)Cc1cccnc1C(N)=S. The summed E-state index contributed by atoms with van der Waals surface area (Å²) in [5.74, 6) is 0.0302. The van der Waals surface area contributed by atoms with Crippen molar-refractivity contribution in [1.82, 2.24) is 15.2 Å². The number of rotatable bonds is 6. The van der Waals surface area contributed by atoms with E-state index in [4.69, 9.17) is 18.0 Å². The van der Waals surface area contributed by atoms with E-state index in [-0.39, 0.29) is 5.91 Å². The van der Waals surface area contributed by atoms with E-state index in [1.165, 1.54) is 0 Å². The van der Waals surface area contributed by atoms with Gasteiger partial charge in [-0.25, -0.2) is 0 Å². The molecule has 0 aliphatic heterocycles. The standard InChI is InChI=1S/C12H18N4OS/c1-14-10(17)5-7-16(2)8-9-4-3-6-15-11(9)12(13)18/h3-4,6H,5,7-8H2,1-2H3,(H2,13,18)(H,14,17). The minimum Gasteiger partial charge on any atom is -0.388 e. The average Bonchev–Trinajstić information content (AvgIpc) is 2.36. The second kappa shape index (κ2) is 7.03. The highest BCUT2D eigenvalue weighted by Gasteiger charge is 2.09. The molecule has 0 atom stereocenters. The molecule has 5 nitrogen and oxygen atoms in total. The Morgan fingerprint density at radius 2 is 2.33 bits per heavy atom. The number of nitrogens with two attached hydrogens (primary N) is 1. The third-order valence-corrected chi connectivity index (χ3v) is 2.76. The molecule has 6 heteroatoms. The first kappa shape index (κ1) is 14.5. The van der Waals surface area contributed by atoms with Crippen LogP contribution < -0.4 is 11.1 Å². The highest BCUT2D eigenvalue weighted by atomic mass is 32.1. The molecule has 0 unspecified atom stereocenters. The molecular weight excluding hydrogens is 248 g/mol. The molecule has 98 valence electrons. The van der Waals surface area contributed by atoms with Crippen LogP contribution in [0, 0.1) is 0 Å². The van der Waals surface area contributed by atoms with Crippen LogP contribution in [0.5, 0.6) is 0 Å². The predicted molar refractivity (Wildman–Crippen MR) is 75.1 cm³/mol. The number of carbonyl (C=O) groups excluding carboxylic acids is 1. The fourth-order valence-corrected chi connectivity index (χ4v) is 1.76. The van der Waals surface area contributed by atoms with Gasteiger partial charge in [-0.15, -0.1) is 0 Å². The zero-order valence-corrected chi connectivity index (χ0v) is 11.5. The number of carbonyl (C=O) groups is 1. The third-order valence-electron chi connectivity index (χ3n) is 2.56. The molecule has 0 aliphatic carbocycles. The van der Waals surface area contributed by atoms with Gasteiger partial charge in [0.05, 0.1) is 0 Å². The number of nitrogens with zero attached hydrogens (tertiary/aromatic N) is 2. The normalized spacial score (nSPS) is 10.4. The maximum absolute atomic E-state index is 11.2. The van der Waals surface area contributed by atoms with E-state index < -0.39 is 0 Å². The number of pyridine rings is 1. The quantitative estimate of drug-likeness (QED) is 0.724. The Morgan fingerprint density at radius 1 is 1.61 bits per heavy atom. The smallest absolute Gasteiger partial charge is 0.221 e. The van der Waals surface area contributed by atoms with Crippen molar-refractivity contribution in [3.63, 3.8) is 0 Å². The summed E-state index contributed by atoms with van der Waals surface area (Å²) in [7, 11) is 3.58. The molecule has 1 rings (SSSR count). The van der Waals surface area contributed by atoms with Gasteiger partial charge in [0, 0.05) is 32.8 Å². The number of aromatic nitrogens is 1. The van der Waals surface area contributed by atoms with Crippen LogP contribution in [-0.2, 0) is 11.3 Å². The van der Waals surface area contributed by atoms with Gasteiger partial charge in [-0.1, -0.05) is 18.3 Å². The monoisotopic (exact) mass is 266 g/mol. The molecule has 0 saturated carbocycles. The molecule has 0 bridgehead atoms. The molecule has 18 heavy (non-hydrogen) atoms. The summed E-state index contributed by atoms with van der Waals surface area (Å²) in [5, 5.41) is 2.60. The molecular formula is C12H18N4OS. The van der Waals surface area contributed by atoms with E-state index in [0.717, 1.165) is 5.56 Å². The van der Waals surface area contributed by atoms with Gasteiger partial charge in [-0.2, -0.15) is 0 Å². The summed E-state index contributed by atoms with van der Waals surface area (Å²) in [5.41, 5.74) is 7.25. The first-order chi connectivity index (χ1) is 8.54. The molecule has 3 N–H and O–H groups in total. The summed E-state index contributed by atoms with van der Waals surface area (Å²) >= 11 is 4.96. The van der Waals surface area contributed by atoms with Crippen molar-refractivity contribution in [2.45, 2.75) is 13.0 Å². The Balaban J connectivity index is 2.61. The largest absolute Gasteiger partial charge is 0.388 e. The lowest BCUT2D eigenvalue weighted by Crippen LogP contribution is -2.27. The topological polar surface area (TPSA) is 71.2 Å². The third kappa shape index (κ3) is 4.38. The van der Waals surface area contributed by atoms with Crippen molar-refractivity contribution in [2.24, 2.45) is 5.73 Å². The van der Waals surface area contributed by atoms with Gasteiger partial charge in [0.15, 0.2) is 0 Å². The fraction of sp³-hybridized carbons (Fsp3) is 0.417. The van der Waals surface area contributed by atoms with E-state index in [1.54, 1.807) is 13.2 Å². The molecule has 0 spiro atoms. The highest BCUT2D eigenvalue weighted by molar-refractivity contribution is 7.80. The number of hydrogen-bond donors (Lipinski definition) is 2. The van der Waals surface area contributed by atoms with Crippen molar-refractivity contribution in [3.8, 4) is 0 Å². The summed E-state index contributed by atoms with van der Waals surface area (Å²) in [6.07, 6.45) is 2.14. The van der Waals surface area contributed by atoms with Gasteiger partial charge in [0.2, 0.25) is 5.91 Å². The van der Waals surface area contributed by atoms with Crippen LogP contribution >= 0.6 is 12.2 Å². The minimum absolute atomic E-state index is 0.0302.